The Hall–Kier alpha value is -2.79. The summed E-state index contributed by atoms with van der Waals surface area (Å²) in [6, 6.07) is 8.90. The van der Waals surface area contributed by atoms with Crippen molar-refractivity contribution in [1.82, 2.24) is 0 Å². The highest BCUT2D eigenvalue weighted by Gasteiger charge is 2.15. The summed E-state index contributed by atoms with van der Waals surface area (Å²) in [6.07, 6.45) is 3.16. The Bertz CT molecular complexity index is 793. The largest absolute Gasteiger partial charge is 0.496 e. The molecule has 0 spiro atoms. The summed E-state index contributed by atoms with van der Waals surface area (Å²) in [5.41, 5.74) is 2.65. The van der Waals surface area contributed by atoms with E-state index in [2.05, 4.69) is 0 Å². The van der Waals surface area contributed by atoms with E-state index in [0.29, 0.717) is 28.4 Å². The van der Waals surface area contributed by atoms with Crippen LogP contribution in [0.2, 0.25) is 0 Å². The van der Waals surface area contributed by atoms with Gasteiger partial charge in [-0.2, -0.15) is 0 Å². The summed E-state index contributed by atoms with van der Waals surface area (Å²) >= 11 is 0. The van der Waals surface area contributed by atoms with Crippen LogP contribution in [0.15, 0.2) is 36.4 Å². The Morgan fingerprint density at radius 1 is 1.08 bits per heavy atom. The molecular formula is C20H22O5. The van der Waals surface area contributed by atoms with Crippen LogP contribution in [0.5, 0.6) is 17.2 Å². The molecule has 132 valence electrons. The monoisotopic (exact) mass is 342 g/mol. The molecule has 0 aliphatic heterocycles. The first-order chi connectivity index (χ1) is 12.0. The second-order valence-corrected chi connectivity index (χ2v) is 5.43. The molecule has 0 saturated carbocycles. The molecule has 5 nitrogen and oxygen atoms in total. The van der Waals surface area contributed by atoms with Crippen LogP contribution in [0, 0.1) is 6.92 Å². The number of rotatable bonds is 7. The van der Waals surface area contributed by atoms with Crippen LogP contribution in [0.25, 0.3) is 6.08 Å². The number of aliphatic hydroxyl groups excluding tert-OH is 1. The number of aliphatic hydroxyl groups is 1. The number of ether oxygens (including phenoxy) is 3. The van der Waals surface area contributed by atoms with Crippen molar-refractivity contribution >= 4 is 11.9 Å². The Kier molecular flexibility index (Phi) is 6.19. The van der Waals surface area contributed by atoms with E-state index in [1.165, 1.54) is 13.2 Å². The molecule has 25 heavy (non-hydrogen) atoms. The minimum atomic E-state index is -0.191. The van der Waals surface area contributed by atoms with Gasteiger partial charge in [0.05, 0.1) is 33.5 Å². The van der Waals surface area contributed by atoms with Gasteiger partial charge in [0.1, 0.15) is 5.75 Å². The molecule has 0 atom stereocenters. The van der Waals surface area contributed by atoms with Crippen LogP contribution in [-0.2, 0) is 6.61 Å². The average Bonchev–Trinajstić information content (AvgIpc) is 2.64. The fourth-order valence-corrected chi connectivity index (χ4v) is 2.69. The predicted octanol–water partition coefficient (Wildman–Crippen LogP) is 3.41. The Morgan fingerprint density at radius 2 is 1.80 bits per heavy atom. The lowest BCUT2D eigenvalue weighted by molar-refractivity contribution is 0.104. The Balaban J connectivity index is 2.39. The van der Waals surface area contributed by atoms with Gasteiger partial charge < -0.3 is 19.3 Å². The zero-order chi connectivity index (χ0) is 18.4. The molecule has 0 radical (unpaired) electrons. The molecule has 1 N–H and O–H groups in total. The Morgan fingerprint density at radius 3 is 2.40 bits per heavy atom. The van der Waals surface area contributed by atoms with Gasteiger partial charge >= 0.3 is 0 Å². The molecule has 0 aliphatic carbocycles. The average molecular weight is 342 g/mol. The SMILES string of the molecule is COc1cccc(/C=C/C(=O)c2c(C)cc(CO)cc2OC)c1OC. The summed E-state index contributed by atoms with van der Waals surface area (Å²) in [5.74, 6) is 1.41. The smallest absolute Gasteiger partial charge is 0.189 e. The van der Waals surface area contributed by atoms with E-state index in [4.69, 9.17) is 14.2 Å². The molecule has 0 bridgehead atoms. The van der Waals surface area contributed by atoms with E-state index in [1.54, 1.807) is 38.5 Å². The summed E-state index contributed by atoms with van der Waals surface area (Å²) in [5, 5.41) is 9.29. The van der Waals surface area contributed by atoms with Crippen LogP contribution >= 0.6 is 0 Å². The normalized spacial score (nSPS) is 10.8. The molecule has 0 aromatic heterocycles. The molecular weight excluding hydrogens is 320 g/mol. The number of carbonyl (C=O) groups is 1. The summed E-state index contributed by atoms with van der Waals surface area (Å²) in [6.45, 7) is 1.71. The van der Waals surface area contributed by atoms with E-state index in [1.807, 2.05) is 19.1 Å². The van der Waals surface area contributed by atoms with E-state index in [0.717, 1.165) is 11.1 Å². The highest BCUT2D eigenvalue weighted by atomic mass is 16.5. The number of para-hydroxylation sites is 1. The number of carbonyl (C=O) groups excluding carboxylic acids is 1. The molecule has 2 aromatic rings. The zero-order valence-electron chi connectivity index (χ0n) is 14.8. The van der Waals surface area contributed by atoms with E-state index < -0.39 is 0 Å². The molecule has 5 heteroatoms. The predicted molar refractivity (Wildman–Crippen MR) is 96.6 cm³/mol. The van der Waals surface area contributed by atoms with Gasteiger partial charge in [0.15, 0.2) is 17.3 Å². The van der Waals surface area contributed by atoms with Crippen LogP contribution in [-0.4, -0.2) is 32.2 Å². The molecule has 0 amide bonds. The van der Waals surface area contributed by atoms with Gasteiger partial charge in [-0.15, -0.1) is 0 Å². The number of benzene rings is 2. The maximum Gasteiger partial charge on any atom is 0.189 e. The second kappa shape index (κ2) is 8.35. The van der Waals surface area contributed by atoms with E-state index >= 15 is 0 Å². The van der Waals surface area contributed by atoms with Gasteiger partial charge in [-0.05, 0) is 42.3 Å². The first-order valence-electron chi connectivity index (χ1n) is 7.77. The molecule has 2 rings (SSSR count). The molecule has 2 aromatic carbocycles. The third-order valence-electron chi connectivity index (χ3n) is 3.86. The second-order valence-electron chi connectivity index (χ2n) is 5.43. The number of ketones is 1. The van der Waals surface area contributed by atoms with Crippen molar-refractivity contribution in [3.8, 4) is 17.2 Å². The molecule has 0 heterocycles. The topological polar surface area (TPSA) is 65.0 Å². The number of hydrogen-bond donors (Lipinski definition) is 1. The molecule has 0 unspecified atom stereocenters. The van der Waals surface area contributed by atoms with Gasteiger partial charge in [-0.25, -0.2) is 0 Å². The highest BCUT2D eigenvalue weighted by Crippen LogP contribution is 2.32. The fourth-order valence-electron chi connectivity index (χ4n) is 2.69. The number of hydrogen-bond acceptors (Lipinski definition) is 5. The summed E-state index contributed by atoms with van der Waals surface area (Å²) in [7, 11) is 4.62. The van der Waals surface area contributed by atoms with E-state index in [9.17, 15) is 9.90 Å². The van der Waals surface area contributed by atoms with Crippen LogP contribution < -0.4 is 14.2 Å². The van der Waals surface area contributed by atoms with Gasteiger partial charge in [0, 0.05) is 5.56 Å². The summed E-state index contributed by atoms with van der Waals surface area (Å²) in [4.78, 5) is 12.7. The van der Waals surface area contributed by atoms with Gasteiger partial charge in [0.2, 0.25) is 0 Å². The third kappa shape index (κ3) is 4.00. The van der Waals surface area contributed by atoms with Crippen LogP contribution in [0.1, 0.15) is 27.0 Å². The van der Waals surface area contributed by atoms with Gasteiger partial charge in [0.25, 0.3) is 0 Å². The highest BCUT2D eigenvalue weighted by molar-refractivity contribution is 6.09. The van der Waals surface area contributed by atoms with Crippen molar-refractivity contribution in [2.45, 2.75) is 13.5 Å². The van der Waals surface area contributed by atoms with Crippen molar-refractivity contribution in [2.24, 2.45) is 0 Å². The zero-order valence-corrected chi connectivity index (χ0v) is 14.8. The van der Waals surface area contributed by atoms with E-state index in [-0.39, 0.29) is 12.4 Å². The maximum atomic E-state index is 12.7. The van der Waals surface area contributed by atoms with Crippen molar-refractivity contribution in [1.29, 1.82) is 0 Å². The first kappa shape index (κ1) is 18.5. The minimum Gasteiger partial charge on any atom is -0.496 e. The van der Waals surface area contributed by atoms with Crippen molar-refractivity contribution in [3.05, 3.63) is 58.7 Å². The van der Waals surface area contributed by atoms with Crippen molar-refractivity contribution in [2.75, 3.05) is 21.3 Å². The number of aryl methyl sites for hydroxylation is 1. The van der Waals surface area contributed by atoms with Crippen LogP contribution in [0.3, 0.4) is 0 Å². The number of allylic oxidation sites excluding steroid dienone is 1. The Labute approximate surface area is 147 Å². The lowest BCUT2D eigenvalue weighted by Gasteiger charge is -2.12. The maximum absolute atomic E-state index is 12.7. The van der Waals surface area contributed by atoms with Gasteiger partial charge in [-0.3, -0.25) is 4.79 Å². The van der Waals surface area contributed by atoms with Crippen LogP contribution in [0.4, 0.5) is 0 Å². The first-order valence-corrected chi connectivity index (χ1v) is 7.77. The van der Waals surface area contributed by atoms with Gasteiger partial charge in [-0.1, -0.05) is 18.2 Å². The summed E-state index contributed by atoms with van der Waals surface area (Å²) < 4.78 is 15.9. The lowest BCUT2D eigenvalue weighted by Crippen LogP contribution is -2.04. The standard InChI is InChI=1S/C20H22O5/c1-13-10-14(12-21)11-18(24-3)19(13)16(22)9-8-15-6-5-7-17(23-2)20(15)25-4/h5-11,21H,12H2,1-4H3/b9-8+. The third-order valence-corrected chi connectivity index (χ3v) is 3.86. The molecule has 0 aliphatic rings. The van der Waals surface area contributed by atoms with Crippen molar-refractivity contribution in [3.63, 3.8) is 0 Å². The number of methoxy groups -OCH3 is 3. The molecule has 0 fully saturated rings. The lowest BCUT2D eigenvalue weighted by atomic mass is 9.99. The van der Waals surface area contributed by atoms with Crippen molar-refractivity contribution < 1.29 is 24.1 Å². The minimum absolute atomic E-state index is 0.109. The molecule has 0 saturated heterocycles. The quantitative estimate of drug-likeness (QED) is 0.617. The fraction of sp³-hybridized carbons (Fsp3) is 0.250.